The maximum atomic E-state index is 10.2. The molecule has 0 saturated carbocycles. The average Bonchev–Trinajstić information content (AvgIpc) is 2.35. The van der Waals surface area contributed by atoms with Gasteiger partial charge in [0.05, 0.1) is 0 Å². The number of hydrogen-bond acceptors (Lipinski definition) is 4. The SMILES string of the molecule is Br.CC(C)C[CH2][Ge][CH2]CC(C)C.NCC([O-])=NCC[S-]. The minimum atomic E-state index is -0.269. The fourth-order valence-electron chi connectivity index (χ4n) is 1.14. The molecule has 0 aliphatic rings. The molecule has 0 unspecified atom stereocenters. The first-order valence-electron chi connectivity index (χ1n) is 7.13. The van der Waals surface area contributed by atoms with Gasteiger partial charge in [0.15, 0.2) is 0 Å². The number of rotatable bonds is 9. The molecule has 2 N–H and O–H groups in total. The third-order valence-corrected chi connectivity index (χ3v) is 5.23. The Morgan fingerprint density at radius 3 is 1.90 bits per heavy atom. The molecule has 122 valence electrons. The summed E-state index contributed by atoms with van der Waals surface area (Å²) < 4.78 is 0. The third-order valence-electron chi connectivity index (χ3n) is 2.35. The minimum Gasteiger partial charge on any atom is -0.861 e. The molecule has 0 rings (SSSR count). The second-order valence-corrected chi connectivity index (χ2v) is 8.85. The fourth-order valence-corrected chi connectivity index (χ4v) is 5.04. The Morgan fingerprint density at radius 1 is 1.15 bits per heavy atom. The Labute approximate surface area is 148 Å². The summed E-state index contributed by atoms with van der Waals surface area (Å²) in [7, 11) is 0. The van der Waals surface area contributed by atoms with E-state index in [2.05, 4.69) is 45.3 Å². The molecule has 20 heavy (non-hydrogen) atoms. The molecule has 0 atom stereocenters. The molecular formula is C14H31BrGeN2OS-2. The van der Waals surface area contributed by atoms with E-state index in [0.717, 1.165) is 11.8 Å². The van der Waals surface area contributed by atoms with Crippen LogP contribution in [0.4, 0.5) is 0 Å². The van der Waals surface area contributed by atoms with Gasteiger partial charge in [-0.05, 0) is 5.90 Å². The summed E-state index contributed by atoms with van der Waals surface area (Å²) in [6, 6.07) is 0. The second kappa shape index (κ2) is 19.8. The summed E-state index contributed by atoms with van der Waals surface area (Å²) in [6.07, 6.45) is 2.94. The molecule has 6 heteroatoms. The van der Waals surface area contributed by atoms with Crippen LogP contribution in [0.1, 0.15) is 40.5 Å². The maximum Gasteiger partial charge on any atom is 0.0206 e. The van der Waals surface area contributed by atoms with E-state index in [-0.39, 0.29) is 29.4 Å². The van der Waals surface area contributed by atoms with E-state index in [9.17, 15) is 5.11 Å². The van der Waals surface area contributed by atoms with Crippen molar-refractivity contribution in [3.63, 3.8) is 0 Å². The van der Waals surface area contributed by atoms with Crippen molar-refractivity contribution in [1.82, 2.24) is 0 Å². The zero-order chi connectivity index (χ0) is 15.1. The number of nitrogens with zero attached hydrogens (tertiary/aromatic N) is 1. The number of aliphatic imine (C=N–C) groups is 1. The van der Waals surface area contributed by atoms with Gasteiger partial charge in [-0.3, -0.25) is 0 Å². The van der Waals surface area contributed by atoms with E-state index in [1.165, 1.54) is 12.8 Å². The summed E-state index contributed by atoms with van der Waals surface area (Å²) in [5.41, 5.74) is 4.94. The summed E-state index contributed by atoms with van der Waals surface area (Å²) in [5.74, 6) is 2.08. The van der Waals surface area contributed by atoms with E-state index in [1.807, 2.05) is 0 Å². The van der Waals surface area contributed by atoms with Crippen LogP contribution in [-0.2, 0) is 12.6 Å². The number of hydrogen-bond donors (Lipinski definition) is 1. The van der Waals surface area contributed by atoms with E-state index < -0.39 is 0 Å². The van der Waals surface area contributed by atoms with E-state index in [4.69, 9.17) is 5.73 Å². The molecule has 3 nitrogen and oxygen atoms in total. The molecule has 0 aromatic carbocycles. The Morgan fingerprint density at radius 2 is 1.60 bits per heavy atom. The summed E-state index contributed by atoms with van der Waals surface area (Å²) in [5, 5.41) is 13.4. The van der Waals surface area contributed by atoms with Crippen molar-refractivity contribution in [3.05, 3.63) is 0 Å². The zero-order valence-electron chi connectivity index (χ0n) is 13.4. The van der Waals surface area contributed by atoms with Gasteiger partial charge in [-0.15, -0.1) is 17.0 Å². The Bertz CT molecular complexity index is 207. The smallest absolute Gasteiger partial charge is 0.0206 e. The monoisotopic (exact) mass is 428 g/mol. The molecule has 0 fully saturated rings. The van der Waals surface area contributed by atoms with Crippen LogP contribution < -0.4 is 10.8 Å². The van der Waals surface area contributed by atoms with Crippen molar-refractivity contribution < 1.29 is 5.11 Å². The van der Waals surface area contributed by atoms with Gasteiger partial charge in [0.25, 0.3) is 0 Å². The molecule has 0 aromatic heterocycles. The van der Waals surface area contributed by atoms with Crippen molar-refractivity contribution in [3.8, 4) is 0 Å². The first-order valence-corrected chi connectivity index (χ1v) is 10.7. The predicted octanol–water partition coefficient (Wildman–Crippen LogP) is 2.45. The topological polar surface area (TPSA) is 61.4 Å². The van der Waals surface area contributed by atoms with Crippen LogP contribution in [0.3, 0.4) is 0 Å². The largest absolute Gasteiger partial charge is 0.861 e. The van der Waals surface area contributed by atoms with Crippen LogP contribution in [-0.4, -0.2) is 40.2 Å². The Hall–Kier alpha value is 0.803. The van der Waals surface area contributed by atoms with Gasteiger partial charge < -0.3 is 28.5 Å². The van der Waals surface area contributed by atoms with Gasteiger partial charge in [0.1, 0.15) is 0 Å². The van der Waals surface area contributed by atoms with Gasteiger partial charge in [0, 0.05) is 13.1 Å². The molecule has 0 aliphatic heterocycles. The van der Waals surface area contributed by atoms with Crippen molar-refractivity contribution in [2.24, 2.45) is 22.6 Å². The summed E-state index contributed by atoms with van der Waals surface area (Å²) in [4.78, 5) is 3.49. The first kappa shape index (κ1) is 25.7. The Balaban J connectivity index is -0.000000288. The average molecular weight is 428 g/mol. The van der Waals surface area contributed by atoms with Crippen LogP contribution in [0.5, 0.6) is 0 Å². The predicted molar refractivity (Wildman–Crippen MR) is 98.2 cm³/mol. The molecule has 2 radical (unpaired) electrons. The van der Waals surface area contributed by atoms with E-state index in [0.29, 0.717) is 27.7 Å². The van der Waals surface area contributed by atoms with Crippen LogP contribution in [0.25, 0.3) is 0 Å². The molecule has 0 saturated heterocycles. The second-order valence-electron chi connectivity index (χ2n) is 5.30. The first-order chi connectivity index (χ1) is 8.93. The van der Waals surface area contributed by atoms with Crippen molar-refractivity contribution in [1.29, 1.82) is 0 Å². The molecule has 0 aliphatic carbocycles. The van der Waals surface area contributed by atoms with Crippen molar-refractivity contribution in [2.75, 3.05) is 18.8 Å². The fraction of sp³-hybridized carbons (Fsp3) is 0.929. The molecule has 0 aromatic rings. The normalized spacial score (nSPS) is 11.1. The molecule has 0 bridgehead atoms. The van der Waals surface area contributed by atoms with Crippen LogP contribution >= 0.6 is 17.0 Å². The van der Waals surface area contributed by atoms with Gasteiger partial charge in [-0.2, -0.15) is 5.75 Å². The molecular weight excluding hydrogens is 397 g/mol. The van der Waals surface area contributed by atoms with Crippen LogP contribution in [0.2, 0.25) is 10.5 Å². The van der Waals surface area contributed by atoms with Gasteiger partial charge in [-0.1, -0.05) is 0 Å². The summed E-state index contributed by atoms with van der Waals surface area (Å²) >= 11 is 4.97. The number of nitrogens with two attached hydrogens (primary N) is 1. The van der Waals surface area contributed by atoms with E-state index >= 15 is 0 Å². The van der Waals surface area contributed by atoms with Crippen LogP contribution in [0.15, 0.2) is 4.99 Å². The summed E-state index contributed by atoms with van der Waals surface area (Å²) in [6.45, 7) is 9.73. The van der Waals surface area contributed by atoms with Crippen LogP contribution in [0, 0.1) is 11.8 Å². The minimum absolute atomic E-state index is 0. The van der Waals surface area contributed by atoms with Gasteiger partial charge >= 0.3 is 78.3 Å². The van der Waals surface area contributed by atoms with E-state index in [1.54, 1.807) is 10.5 Å². The third kappa shape index (κ3) is 27.2. The quantitative estimate of drug-likeness (QED) is 0.202. The molecule has 0 amide bonds. The van der Waals surface area contributed by atoms with Crippen molar-refractivity contribution in [2.45, 2.75) is 51.0 Å². The van der Waals surface area contributed by atoms with Gasteiger partial charge in [-0.25, -0.2) is 0 Å². The van der Waals surface area contributed by atoms with Gasteiger partial charge in [0.2, 0.25) is 0 Å². The van der Waals surface area contributed by atoms with Crippen molar-refractivity contribution >= 4 is 50.9 Å². The molecule has 0 heterocycles. The zero-order valence-corrected chi connectivity index (χ0v) is 18.0. The standard InChI is InChI=1S/C10H22Ge.C4H10N2OS.BrH/c1-9(2)5-7-11-8-6-10(3)4;5-3-4(7)6-1-2-8;/h9-10H,5-8H2,1-4H3;8H,1-3,5H2,(H,6,7);1H/p-2. The molecule has 0 spiro atoms. The maximum absolute atomic E-state index is 10.2. The number of halogens is 1. The Kier molecular flexibility index (Phi) is 25.5.